The molecule has 0 saturated heterocycles. The van der Waals surface area contributed by atoms with Crippen molar-refractivity contribution in [2.24, 2.45) is 0 Å². The van der Waals surface area contributed by atoms with E-state index in [-0.39, 0.29) is 0 Å². The Balaban J connectivity index is 1.89. The molecule has 4 heteroatoms. The molecule has 3 aromatic rings. The summed E-state index contributed by atoms with van der Waals surface area (Å²) in [7, 11) is 0. The number of rotatable bonds is 3. The summed E-state index contributed by atoms with van der Waals surface area (Å²) in [4.78, 5) is 4.13. The Morgan fingerprint density at radius 3 is 2.85 bits per heavy atom. The lowest BCUT2D eigenvalue weighted by Crippen LogP contribution is -2.00. The summed E-state index contributed by atoms with van der Waals surface area (Å²) in [5, 5.41) is 7.05. The summed E-state index contributed by atoms with van der Waals surface area (Å²) in [6, 6.07) is 13.6. The first kappa shape index (κ1) is 13.2. The third kappa shape index (κ3) is 2.72. The van der Waals surface area contributed by atoms with Gasteiger partial charge >= 0.3 is 0 Å². The average molecular weight is 303 g/mol. The molecule has 1 aromatic heterocycles. The second-order valence-electron chi connectivity index (χ2n) is 4.49. The molecule has 0 fully saturated rings. The van der Waals surface area contributed by atoms with Gasteiger partial charge in [-0.05, 0) is 35.9 Å². The van der Waals surface area contributed by atoms with Crippen molar-refractivity contribution in [2.45, 2.75) is 6.54 Å². The monoisotopic (exact) mass is 302 g/mol. The van der Waals surface area contributed by atoms with Gasteiger partial charge in [0.25, 0.3) is 0 Å². The van der Waals surface area contributed by atoms with E-state index in [4.69, 9.17) is 23.2 Å². The average Bonchev–Trinajstić information content (AvgIpc) is 2.48. The van der Waals surface area contributed by atoms with Gasteiger partial charge in [0.05, 0.1) is 0 Å². The number of fused-ring (bicyclic) bond motifs is 1. The molecule has 0 amide bonds. The topological polar surface area (TPSA) is 24.9 Å². The molecule has 0 aliphatic rings. The lowest BCUT2D eigenvalue weighted by atomic mass is 10.1. The second-order valence-corrected chi connectivity index (χ2v) is 5.34. The first-order chi connectivity index (χ1) is 9.74. The predicted molar refractivity (Wildman–Crippen MR) is 85.5 cm³/mol. The highest BCUT2D eigenvalue weighted by molar-refractivity contribution is 6.33. The molecule has 20 heavy (non-hydrogen) atoms. The molecular formula is C16H12Cl2N2. The van der Waals surface area contributed by atoms with Gasteiger partial charge < -0.3 is 5.32 Å². The van der Waals surface area contributed by atoms with Crippen LogP contribution in [0.4, 0.5) is 5.69 Å². The summed E-state index contributed by atoms with van der Waals surface area (Å²) >= 11 is 12.2. The normalized spacial score (nSPS) is 10.7. The first-order valence-electron chi connectivity index (χ1n) is 6.24. The van der Waals surface area contributed by atoms with Gasteiger partial charge in [0, 0.05) is 45.4 Å². The molecule has 0 atom stereocenters. The van der Waals surface area contributed by atoms with Crippen LogP contribution in [0.5, 0.6) is 0 Å². The van der Waals surface area contributed by atoms with Crippen LogP contribution in [0.2, 0.25) is 10.0 Å². The van der Waals surface area contributed by atoms with E-state index in [0.717, 1.165) is 22.0 Å². The molecule has 0 unspecified atom stereocenters. The SMILES string of the molecule is Clc1ccc(Cl)c(CNc2cccc3cnccc23)c1. The van der Waals surface area contributed by atoms with E-state index in [0.29, 0.717) is 16.6 Å². The summed E-state index contributed by atoms with van der Waals surface area (Å²) in [5.41, 5.74) is 2.03. The molecule has 0 saturated carbocycles. The van der Waals surface area contributed by atoms with Crippen molar-refractivity contribution in [3.63, 3.8) is 0 Å². The minimum Gasteiger partial charge on any atom is -0.380 e. The standard InChI is InChI=1S/C16H12Cl2N2/c17-13-4-5-15(18)12(8-13)10-20-16-3-1-2-11-9-19-7-6-14(11)16/h1-9,20H,10H2. The van der Waals surface area contributed by atoms with Crippen LogP contribution in [-0.2, 0) is 6.54 Å². The van der Waals surface area contributed by atoms with Crippen LogP contribution in [-0.4, -0.2) is 4.98 Å². The van der Waals surface area contributed by atoms with Gasteiger partial charge in [0.2, 0.25) is 0 Å². The number of hydrogen-bond donors (Lipinski definition) is 1. The van der Waals surface area contributed by atoms with E-state index < -0.39 is 0 Å². The maximum absolute atomic E-state index is 6.17. The molecule has 100 valence electrons. The summed E-state index contributed by atoms with van der Waals surface area (Å²) in [5.74, 6) is 0. The van der Waals surface area contributed by atoms with Crippen LogP contribution in [0.15, 0.2) is 54.9 Å². The van der Waals surface area contributed by atoms with E-state index in [1.807, 2.05) is 42.6 Å². The van der Waals surface area contributed by atoms with Gasteiger partial charge in [-0.1, -0.05) is 35.3 Å². The van der Waals surface area contributed by atoms with E-state index in [1.165, 1.54) is 0 Å². The van der Waals surface area contributed by atoms with Gasteiger partial charge in [-0.25, -0.2) is 0 Å². The van der Waals surface area contributed by atoms with Crippen LogP contribution in [0.1, 0.15) is 5.56 Å². The van der Waals surface area contributed by atoms with E-state index in [9.17, 15) is 0 Å². The maximum Gasteiger partial charge on any atom is 0.0456 e. The number of nitrogens with zero attached hydrogens (tertiary/aromatic N) is 1. The lowest BCUT2D eigenvalue weighted by molar-refractivity contribution is 1.15. The Morgan fingerprint density at radius 2 is 1.95 bits per heavy atom. The van der Waals surface area contributed by atoms with Crippen LogP contribution < -0.4 is 5.32 Å². The van der Waals surface area contributed by atoms with Crippen molar-refractivity contribution in [1.29, 1.82) is 0 Å². The number of anilines is 1. The highest BCUT2D eigenvalue weighted by Gasteiger charge is 2.04. The molecule has 3 rings (SSSR count). The maximum atomic E-state index is 6.17. The second kappa shape index (κ2) is 5.70. The summed E-state index contributed by atoms with van der Waals surface area (Å²) in [6.07, 6.45) is 3.65. The zero-order valence-corrected chi connectivity index (χ0v) is 12.1. The van der Waals surface area contributed by atoms with E-state index in [1.54, 1.807) is 12.3 Å². The summed E-state index contributed by atoms with van der Waals surface area (Å²) in [6.45, 7) is 0.626. The van der Waals surface area contributed by atoms with Crippen molar-refractivity contribution < 1.29 is 0 Å². The molecular weight excluding hydrogens is 291 g/mol. The third-order valence-electron chi connectivity index (χ3n) is 3.16. The van der Waals surface area contributed by atoms with Crippen molar-refractivity contribution >= 4 is 39.7 Å². The number of pyridine rings is 1. The Hall–Kier alpha value is -1.77. The van der Waals surface area contributed by atoms with E-state index in [2.05, 4.69) is 10.3 Å². The van der Waals surface area contributed by atoms with Gasteiger partial charge in [0.1, 0.15) is 0 Å². The van der Waals surface area contributed by atoms with Crippen molar-refractivity contribution in [1.82, 2.24) is 4.98 Å². The highest BCUT2D eigenvalue weighted by atomic mass is 35.5. The fourth-order valence-corrected chi connectivity index (χ4v) is 2.52. The number of benzene rings is 2. The molecule has 1 heterocycles. The molecule has 0 aliphatic carbocycles. The van der Waals surface area contributed by atoms with Crippen molar-refractivity contribution in [3.05, 3.63) is 70.5 Å². The van der Waals surface area contributed by atoms with Crippen LogP contribution in [0.25, 0.3) is 10.8 Å². The number of nitrogens with one attached hydrogen (secondary N) is 1. The van der Waals surface area contributed by atoms with Gasteiger partial charge in [0.15, 0.2) is 0 Å². The number of hydrogen-bond acceptors (Lipinski definition) is 2. The molecule has 0 spiro atoms. The van der Waals surface area contributed by atoms with Gasteiger partial charge in [-0.15, -0.1) is 0 Å². The highest BCUT2D eigenvalue weighted by Crippen LogP contribution is 2.25. The molecule has 2 nitrogen and oxygen atoms in total. The van der Waals surface area contributed by atoms with Gasteiger partial charge in [-0.3, -0.25) is 4.98 Å². The minimum atomic E-state index is 0.626. The van der Waals surface area contributed by atoms with Crippen LogP contribution in [0, 0.1) is 0 Å². The minimum absolute atomic E-state index is 0.626. The number of aromatic nitrogens is 1. The van der Waals surface area contributed by atoms with Crippen LogP contribution in [0.3, 0.4) is 0 Å². The quantitative estimate of drug-likeness (QED) is 0.723. The fraction of sp³-hybridized carbons (Fsp3) is 0.0625. The smallest absolute Gasteiger partial charge is 0.0456 e. The van der Waals surface area contributed by atoms with Crippen molar-refractivity contribution in [2.75, 3.05) is 5.32 Å². The Bertz CT molecular complexity index is 751. The number of halogens is 2. The Morgan fingerprint density at radius 1 is 1.05 bits per heavy atom. The summed E-state index contributed by atoms with van der Waals surface area (Å²) < 4.78 is 0. The first-order valence-corrected chi connectivity index (χ1v) is 7.00. The Kier molecular flexibility index (Phi) is 3.77. The molecule has 2 aromatic carbocycles. The lowest BCUT2D eigenvalue weighted by Gasteiger charge is -2.11. The zero-order chi connectivity index (χ0) is 13.9. The fourth-order valence-electron chi connectivity index (χ4n) is 2.15. The predicted octanol–water partition coefficient (Wildman–Crippen LogP) is 5.15. The molecule has 1 N–H and O–H groups in total. The largest absolute Gasteiger partial charge is 0.380 e. The van der Waals surface area contributed by atoms with E-state index >= 15 is 0 Å². The third-order valence-corrected chi connectivity index (χ3v) is 3.76. The van der Waals surface area contributed by atoms with Gasteiger partial charge in [-0.2, -0.15) is 0 Å². The molecule has 0 bridgehead atoms. The molecule has 0 aliphatic heterocycles. The Labute approximate surface area is 127 Å². The van der Waals surface area contributed by atoms with Crippen LogP contribution >= 0.6 is 23.2 Å². The van der Waals surface area contributed by atoms with Crippen molar-refractivity contribution in [3.8, 4) is 0 Å². The molecule has 0 radical (unpaired) electrons. The zero-order valence-electron chi connectivity index (χ0n) is 10.6.